The molecule has 2 heterocycles. The molecule has 1 fully saturated rings. The van der Waals surface area contributed by atoms with Crippen molar-refractivity contribution >= 4 is 28.9 Å². The van der Waals surface area contributed by atoms with Crippen molar-refractivity contribution < 1.29 is 14.4 Å². The fourth-order valence-corrected chi connectivity index (χ4v) is 3.77. The summed E-state index contributed by atoms with van der Waals surface area (Å²) in [5, 5.41) is 5.46. The molecule has 0 spiro atoms. The highest BCUT2D eigenvalue weighted by molar-refractivity contribution is 6.09. The van der Waals surface area contributed by atoms with E-state index in [1.165, 1.54) is 11.1 Å². The van der Waals surface area contributed by atoms with Crippen molar-refractivity contribution in [3.63, 3.8) is 0 Å². The van der Waals surface area contributed by atoms with E-state index in [1.54, 1.807) is 31.2 Å². The van der Waals surface area contributed by atoms with Crippen molar-refractivity contribution in [3.05, 3.63) is 65.0 Å². The van der Waals surface area contributed by atoms with Crippen LogP contribution in [-0.2, 0) is 21.5 Å². The molecule has 0 unspecified atom stereocenters. The van der Waals surface area contributed by atoms with Gasteiger partial charge in [-0.05, 0) is 49.6 Å². The number of nitrogens with zero attached hydrogens (tertiary/aromatic N) is 2. The van der Waals surface area contributed by atoms with Gasteiger partial charge in [0.05, 0.1) is 11.0 Å². The molecule has 160 valence electrons. The van der Waals surface area contributed by atoms with Crippen LogP contribution >= 0.6 is 0 Å². The summed E-state index contributed by atoms with van der Waals surface area (Å²) in [5.41, 5.74) is 3.71. The Morgan fingerprint density at radius 3 is 2.58 bits per heavy atom. The van der Waals surface area contributed by atoms with Crippen LogP contribution in [-0.4, -0.2) is 45.8 Å². The van der Waals surface area contributed by atoms with Crippen LogP contribution in [0.5, 0.6) is 0 Å². The van der Waals surface area contributed by atoms with Crippen LogP contribution in [0.1, 0.15) is 29.4 Å². The summed E-state index contributed by atoms with van der Waals surface area (Å²) in [6.45, 7) is 5.75. The number of carbonyl (C=O) groups is 3. The number of hydrogen-bond acceptors (Lipinski definition) is 4. The van der Waals surface area contributed by atoms with Crippen LogP contribution in [0, 0.1) is 13.8 Å². The number of imidazole rings is 1. The molecule has 0 saturated carbocycles. The molecule has 1 aliphatic heterocycles. The monoisotopic (exact) mass is 419 g/mol. The minimum Gasteiger partial charge on any atom is -0.354 e. The van der Waals surface area contributed by atoms with Crippen LogP contribution in [0.2, 0.25) is 0 Å². The molecule has 1 atom stereocenters. The van der Waals surface area contributed by atoms with Crippen LogP contribution in [0.3, 0.4) is 0 Å². The third-order valence-corrected chi connectivity index (χ3v) is 5.76. The molecule has 3 aromatic rings. The lowest BCUT2D eigenvalue weighted by Gasteiger charge is -2.22. The van der Waals surface area contributed by atoms with E-state index in [9.17, 15) is 14.4 Å². The van der Waals surface area contributed by atoms with Gasteiger partial charge in [-0.2, -0.15) is 0 Å². The van der Waals surface area contributed by atoms with Crippen molar-refractivity contribution in [1.29, 1.82) is 0 Å². The van der Waals surface area contributed by atoms with Crippen LogP contribution in [0.4, 0.5) is 4.79 Å². The van der Waals surface area contributed by atoms with Crippen molar-refractivity contribution in [3.8, 4) is 0 Å². The Hall–Kier alpha value is -3.68. The van der Waals surface area contributed by atoms with Crippen molar-refractivity contribution in [2.24, 2.45) is 0 Å². The topological polar surface area (TPSA) is 107 Å². The minimum atomic E-state index is -1.18. The van der Waals surface area contributed by atoms with Gasteiger partial charge in [0.1, 0.15) is 17.9 Å². The third kappa shape index (κ3) is 3.88. The maximum absolute atomic E-state index is 12.9. The lowest BCUT2D eigenvalue weighted by atomic mass is 9.92. The number of aromatic amines is 1. The average Bonchev–Trinajstić information content (AvgIpc) is 3.22. The maximum Gasteiger partial charge on any atom is 0.325 e. The number of rotatable bonds is 6. The highest BCUT2D eigenvalue weighted by Crippen LogP contribution is 2.28. The molecule has 3 N–H and O–H groups in total. The number of aromatic nitrogens is 2. The summed E-state index contributed by atoms with van der Waals surface area (Å²) in [4.78, 5) is 46.4. The fourth-order valence-electron chi connectivity index (χ4n) is 3.77. The van der Waals surface area contributed by atoms with Gasteiger partial charge >= 0.3 is 6.03 Å². The van der Waals surface area contributed by atoms with E-state index in [2.05, 4.69) is 26.7 Å². The van der Waals surface area contributed by atoms with E-state index in [-0.39, 0.29) is 6.54 Å². The number of fused-ring (bicyclic) bond motifs is 1. The van der Waals surface area contributed by atoms with E-state index in [1.807, 2.05) is 26.0 Å². The molecular weight excluding hydrogens is 394 g/mol. The summed E-state index contributed by atoms with van der Waals surface area (Å²) in [6.07, 6.45) is 0.514. The van der Waals surface area contributed by atoms with E-state index in [0.717, 1.165) is 21.8 Å². The zero-order valence-corrected chi connectivity index (χ0v) is 17.8. The summed E-state index contributed by atoms with van der Waals surface area (Å²) < 4.78 is 0. The average molecular weight is 419 g/mol. The summed E-state index contributed by atoms with van der Waals surface area (Å²) in [6, 6.07) is 12.5. The molecule has 31 heavy (non-hydrogen) atoms. The number of carbonyl (C=O) groups excluding carboxylic acids is 3. The van der Waals surface area contributed by atoms with Gasteiger partial charge < -0.3 is 15.6 Å². The van der Waals surface area contributed by atoms with Crippen LogP contribution in [0.15, 0.2) is 42.5 Å². The molecule has 4 amide bonds. The Kier molecular flexibility index (Phi) is 5.22. The summed E-state index contributed by atoms with van der Waals surface area (Å²) >= 11 is 0. The second-order valence-corrected chi connectivity index (χ2v) is 8.05. The molecule has 0 radical (unpaired) electrons. The Morgan fingerprint density at radius 2 is 1.84 bits per heavy atom. The number of imide groups is 1. The highest BCUT2D eigenvalue weighted by atomic mass is 16.2. The molecule has 1 aromatic heterocycles. The molecule has 0 bridgehead atoms. The predicted octanol–water partition coefficient (Wildman–Crippen LogP) is 2.31. The van der Waals surface area contributed by atoms with Gasteiger partial charge in [0.15, 0.2) is 0 Å². The molecular formula is C23H25N5O3. The second-order valence-electron chi connectivity index (χ2n) is 8.05. The number of amides is 4. The first kappa shape index (κ1) is 20.6. The number of aryl methyl sites for hydroxylation is 2. The number of urea groups is 1. The van der Waals surface area contributed by atoms with Crippen molar-refractivity contribution in [2.75, 3.05) is 13.1 Å². The van der Waals surface area contributed by atoms with Crippen LogP contribution in [0.25, 0.3) is 11.0 Å². The maximum atomic E-state index is 12.9. The van der Waals surface area contributed by atoms with Crippen LogP contribution < -0.4 is 10.6 Å². The van der Waals surface area contributed by atoms with Gasteiger partial charge in [-0.15, -0.1) is 0 Å². The van der Waals surface area contributed by atoms with Gasteiger partial charge in [-0.25, -0.2) is 9.78 Å². The van der Waals surface area contributed by atoms with E-state index >= 15 is 0 Å². The third-order valence-electron chi connectivity index (χ3n) is 5.76. The lowest BCUT2D eigenvalue weighted by molar-refractivity contribution is -0.134. The smallest absolute Gasteiger partial charge is 0.325 e. The molecule has 8 nitrogen and oxygen atoms in total. The van der Waals surface area contributed by atoms with Gasteiger partial charge in [0.25, 0.3) is 5.91 Å². The normalized spacial score (nSPS) is 18.5. The lowest BCUT2D eigenvalue weighted by Crippen LogP contribution is -2.43. The highest BCUT2D eigenvalue weighted by Gasteiger charge is 2.49. The summed E-state index contributed by atoms with van der Waals surface area (Å²) in [5.74, 6) is -0.0718. The van der Waals surface area contributed by atoms with Crippen molar-refractivity contribution in [1.82, 2.24) is 25.5 Å². The molecule has 0 aliphatic carbocycles. The molecule has 4 rings (SSSR count). The first-order valence-corrected chi connectivity index (χ1v) is 10.2. The van der Waals surface area contributed by atoms with E-state index < -0.39 is 23.4 Å². The number of nitrogens with one attached hydrogen (secondary N) is 3. The molecule has 2 aromatic carbocycles. The van der Waals surface area contributed by atoms with Gasteiger partial charge in [0, 0.05) is 13.0 Å². The standard InChI is InChI=1S/C23H25N5O3/c1-14-11-17-18(12-15(14)2)26-19(25-17)9-10-24-20(29)13-28-21(30)23(3,27-22(28)31)16-7-5-4-6-8-16/h4-8,11-12H,9-10,13H2,1-3H3,(H,24,29)(H,25,26)(H,27,31)/t23-/m1/s1. The van der Waals surface area contributed by atoms with Gasteiger partial charge in [-0.3, -0.25) is 14.5 Å². The first-order valence-electron chi connectivity index (χ1n) is 10.2. The number of H-pyrrole nitrogens is 1. The minimum absolute atomic E-state index is 0.328. The Morgan fingerprint density at radius 1 is 1.13 bits per heavy atom. The predicted molar refractivity (Wildman–Crippen MR) is 116 cm³/mol. The zero-order valence-electron chi connectivity index (χ0n) is 17.8. The number of benzene rings is 2. The van der Waals surface area contributed by atoms with Gasteiger partial charge in [-0.1, -0.05) is 30.3 Å². The van der Waals surface area contributed by atoms with Crippen molar-refractivity contribution in [2.45, 2.75) is 32.7 Å². The number of hydrogen-bond donors (Lipinski definition) is 3. The Bertz CT molecular complexity index is 1130. The Balaban J connectivity index is 1.35. The second kappa shape index (κ2) is 7.86. The fraction of sp³-hybridized carbons (Fsp3) is 0.304. The molecule has 1 saturated heterocycles. The SMILES string of the molecule is Cc1cc2nc(CCNC(=O)CN3C(=O)N[C@](C)(c4ccccc4)C3=O)[nH]c2cc1C. The quantitative estimate of drug-likeness (QED) is 0.533. The van der Waals surface area contributed by atoms with E-state index in [0.29, 0.717) is 18.5 Å². The van der Waals surface area contributed by atoms with Gasteiger partial charge in [0.2, 0.25) is 5.91 Å². The zero-order chi connectivity index (χ0) is 22.2. The van der Waals surface area contributed by atoms with E-state index in [4.69, 9.17) is 0 Å². The largest absolute Gasteiger partial charge is 0.354 e. The molecule has 8 heteroatoms. The summed E-state index contributed by atoms with van der Waals surface area (Å²) in [7, 11) is 0. The first-order chi connectivity index (χ1) is 14.8. The Labute approximate surface area is 180 Å². The molecule has 1 aliphatic rings.